The lowest BCUT2D eigenvalue weighted by molar-refractivity contribution is 0.0395. The molecule has 26 heavy (non-hydrogen) atoms. The largest absolute Gasteiger partial charge is 0.478 e. The third-order valence-corrected chi connectivity index (χ3v) is 4.57. The number of fused-ring (bicyclic) bond motifs is 1. The van der Waals surface area contributed by atoms with Crippen molar-refractivity contribution in [1.82, 2.24) is 4.98 Å². The lowest BCUT2D eigenvalue weighted by Crippen LogP contribution is -2.39. The quantitative estimate of drug-likeness (QED) is 0.780. The van der Waals surface area contributed by atoms with Crippen molar-refractivity contribution in [2.45, 2.75) is 6.10 Å². The molecular formula is C20H17FN2O3. The van der Waals surface area contributed by atoms with Crippen molar-refractivity contribution in [3.8, 4) is 0 Å². The van der Waals surface area contributed by atoms with E-state index in [4.69, 9.17) is 4.74 Å². The molecule has 2 aromatic carbocycles. The van der Waals surface area contributed by atoms with Crippen LogP contribution >= 0.6 is 0 Å². The van der Waals surface area contributed by atoms with Crippen LogP contribution in [-0.4, -0.2) is 35.8 Å². The topological polar surface area (TPSA) is 62.7 Å². The second-order valence-corrected chi connectivity index (χ2v) is 6.21. The van der Waals surface area contributed by atoms with Gasteiger partial charge < -0.3 is 14.7 Å². The molecule has 0 aliphatic carbocycles. The van der Waals surface area contributed by atoms with Gasteiger partial charge in [0.05, 0.1) is 17.7 Å². The summed E-state index contributed by atoms with van der Waals surface area (Å²) in [5.74, 6) is -0.659. The number of para-hydroxylation sites is 1. The number of carboxylic acid groups (broad SMARTS) is 1. The zero-order valence-electron chi connectivity index (χ0n) is 13.9. The molecule has 1 aliphatic heterocycles. The van der Waals surface area contributed by atoms with Gasteiger partial charge in [-0.25, -0.2) is 14.2 Å². The number of hydrogen-bond acceptors (Lipinski definition) is 4. The summed E-state index contributed by atoms with van der Waals surface area (Å²) in [5.41, 5.74) is 1.76. The summed E-state index contributed by atoms with van der Waals surface area (Å²) in [6, 6.07) is 15.1. The van der Waals surface area contributed by atoms with E-state index in [9.17, 15) is 14.3 Å². The molecule has 0 saturated carbocycles. The number of hydrogen-bond donors (Lipinski definition) is 1. The van der Waals surface area contributed by atoms with Crippen LogP contribution in [0.1, 0.15) is 22.0 Å². The number of nitrogens with zero attached hydrogens (tertiary/aromatic N) is 2. The molecule has 132 valence electrons. The highest BCUT2D eigenvalue weighted by molar-refractivity contribution is 6.03. The molecule has 1 unspecified atom stereocenters. The normalized spacial score (nSPS) is 17.4. The molecule has 2 heterocycles. The number of carboxylic acids is 1. The Morgan fingerprint density at radius 2 is 1.96 bits per heavy atom. The van der Waals surface area contributed by atoms with Crippen LogP contribution in [0.4, 0.5) is 10.2 Å². The number of benzene rings is 2. The zero-order valence-corrected chi connectivity index (χ0v) is 13.9. The van der Waals surface area contributed by atoms with Crippen molar-refractivity contribution in [2.75, 3.05) is 24.6 Å². The van der Waals surface area contributed by atoms with Crippen molar-refractivity contribution in [3.05, 3.63) is 71.5 Å². The number of morpholine rings is 1. The minimum absolute atomic E-state index is 0.217. The average Bonchev–Trinajstić information content (AvgIpc) is 2.67. The predicted molar refractivity (Wildman–Crippen MR) is 96.0 cm³/mol. The molecule has 6 heteroatoms. The van der Waals surface area contributed by atoms with Gasteiger partial charge in [-0.1, -0.05) is 30.3 Å². The Morgan fingerprint density at radius 1 is 1.19 bits per heavy atom. The third-order valence-electron chi connectivity index (χ3n) is 4.57. The van der Waals surface area contributed by atoms with Crippen LogP contribution in [0.25, 0.3) is 10.9 Å². The third kappa shape index (κ3) is 3.11. The van der Waals surface area contributed by atoms with E-state index in [-0.39, 0.29) is 17.5 Å². The van der Waals surface area contributed by atoms with Crippen molar-refractivity contribution in [2.24, 2.45) is 0 Å². The first-order valence-corrected chi connectivity index (χ1v) is 8.37. The minimum atomic E-state index is -0.979. The van der Waals surface area contributed by atoms with E-state index in [0.717, 1.165) is 5.56 Å². The lowest BCUT2D eigenvalue weighted by atomic mass is 10.1. The maximum absolute atomic E-state index is 13.1. The van der Waals surface area contributed by atoms with Gasteiger partial charge >= 0.3 is 5.97 Å². The molecule has 1 fully saturated rings. The van der Waals surface area contributed by atoms with Gasteiger partial charge in [0.2, 0.25) is 0 Å². The Labute approximate surface area is 149 Å². The van der Waals surface area contributed by atoms with E-state index in [0.29, 0.717) is 36.4 Å². The van der Waals surface area contributed by atoms with Crippen molar-refractivity contribution in [3.63, 3.8) is 0 Å². The number of carbonyl (C=O) groups is 1. The van der Waals surface area contributed by atoms with E-state index < -0.39 is 5.97 Å². The molecule has 3 aromatic rings. The highest BCUT2D eigenvalue weighted by Crippen LogP contribution is 2.28. The van der Waals surface area contributed by atoms with Crippen LogP contribution in [0.15, 0.2) is 54.6 Å². The van der Waals surface area contributed by atoms with E-state index >= 15 is 0 Å². The first-order chi connectivity index (χ1) is 12.6. The number of halogens is 1. The van der Waals surface area contributed by atoms with Gasteiger partial charge in [0.1, 0.15) is 17.7 Å². The Kier molecular flexibility index (Phi) is 4.26. The fourth-order valence-corrected chi connectivity index (χ4v) is 3.24. The maximum atomic E-state index is 13.1. The summed E-state index contributed by atoms with van der Waals surface area (Å²) < 4.78 is 19.0. The monoisotopic (exact) mass is 352 g/mol. The first kappa shape index (κ1) is 16.5. The average molecular weight is 352 g/mol. The molecule has 0 amide bonds. The fourth-order valence-electron chi connectivity index (χ4n) is 3.24. The minimum Gasteiger partial charge on any atom is -0.478 e. The molecular weight excluding hydrogens is 335 g/mol. The molecule has 0 spiro atoms. The molecule has 1 N–H and O–H groups in total. The second-order valence-electron chi connectivity index (χ2n) is 6.21. The molecule has 5 nitrogen and oxygen atoms in total. The van der Waals surface area contributed by atoms with Gasteiger partial charge in [-0.05, 0) is 29.8 Å². The van der Waals surface area contributed by atoms with E-state index in [1.54, 1.807) is 30.3 Å². The molecule has 1 aliphatic rings. The SMILES string of the molecule is O=C(O)c1cc(N2CCOC(c3ccc(F)cc3)C2)nc2ccccc12. The number of ether oxygens (including phenoxy) is 1. The van der Waals surface area contributed by atoms with Crippen LogP contribution < -0.4 is 4.90 Å². The van der Waals surface area contributed by atoms with Crippen LogP contribution in [0.3, 0.4) is 0 Å². The molecule has 4 rings (SSSR count). The first-order valence-electron chi connectivity index (χ1n) is 8.37. The van der Waals surface area contributed by atoms with Crippen molar-refractivity contribution in [1.29, 1.82) is 0 Å². The van der Waals surface area contributed by atoms with Gasteiger partial charge in [0, 0.05) is 18.5 Å². The van der Waals surface area contributed by atoms with Crippen LogP contribution in [0.2, 0.25) is 0 Å². The van der Waals surface area contributed by atoms with Crippen molar-refractivity contribution < 1.29 is 19.0 Å². The number of aromatic carboxylic acids is 1. The van der Waals surface area contributed by atoms with Crippen LogP contribution in [-0.2, 0) is 4.74 Å². The summed E-state index contributed by atoms with van der Waals surface area (Å²) >= 11 is 0. The second kappa shape index (κ2) is 6.72. The highest BCUT2D eigenvalue weighted by atomic mass is 19.1. The highest BCUT2D eigenvalue weighted by Gasteiger charge is 2.24. The lowest BCUT2D eigenvalue weighted by Gasteiger charge is -2.34. The summed E-state index contributed by atoms with van der Waals surface area (Å²) in [6.45, 7) is 1.62. The van der Waals surface area contributed by atoms with Crippen LogP contribution in [0, 0.1) is 5.82 Å². The van der Waals surface area contributed by atoms with Crippen LogP contribution in [0.5, 0.6) is 0 Å². The number of pyridine rings is 1. The Balaban J connectivity index is 1.68. The number of aromatic nitrogens is 1. The maximum Gasteiger partial charge on any atom is 0.336 e. The van der Waals surface area contributed by atoms with Gasteiger partial charge in [0.15, 0.2) is 0 Å². The predicted octanol–water partition coefficient (Wildman–Crippen LogP) is 3.65. The molecule has 1 saturated heterocycles. The smallest absolute Gasteiger partial charge is 0.336 e. The molecule has 0 radical (unpaired) electrons. The standard InChI is InChI=1S/C20H17FN2O3/c21-14-7-5-13(6-8-14)18-12-23(9-10-26-18)19-11-16(20(24)25)15-3-1-2-4-17(15)22-19/h1-8,11,18H,9-10,12H2,(H,24,25). The Morgan fingerprint density at radius 3 is 2.73 bits per heavy atom. The van der Waals surface area contributed by atoms with Crippen molar-refractivity contribution >= 4 is 22.7 Å². The molecule has 1 atom stereocenters. The Bertz CT molecular complexity index is 959. The summed E-state index contributed by atoms with van der Waals surface area (Å²) in [5, 5.41) is 10.2. The van der Waals surface area contributed by atoms with E-state index in [1.165, 1.54) is 12.1 Å². The van der Waals surface area contributed by atoms with Gasteiger partial charge in [0.25, 0.3) is 0 Å². The molecule has 1 aromatic heterocycles. The number of rotatable bonds is 3. The molecule has 0 bridgehead atoms. The van der Waals surface area contributed by atoms with Gasteiger partial charge in [-0.2, -0.15) is 0 Å². The fraction of sp³-hybridized carbons (Fsp3) is 0.200. The van der Waals surface area contributed by atoms with E-state index in [1.807, 2.05) is 17.0 Å². The summed E-state index contributed by atoms with van der Waals surface area (Å²) in [6.07, 6.45) is -0.217. The summed E-state index contributed by atoms with van der Waals surface area (Å²) in [4.78, 5) is 18.3. The Hall–Kier alpha value is -2.99. The number of anilines is 1. The van der Waals surface area contributed by atoms with Gasteiger partial charge in [-0.15, -0.1) is 0 Å². The zero-order chi connectivity index (χ0) is 18.1. The summed E-state index contributed by atoms with van der Waals surface area (Å²) in [7, 11) is 0. The van der Waals surface area contributed by atoms with Gasteiger partial charge in [-0.3, -0.25) is 0 Å². The van der Waals surface area contributed by atoms with E-state index in [2.05, 4.69) is 4.98 Å².